The smallest absolute Gasteiger partial charge is 0.404 e. The number of rotatable bonds is 4. The van der Waals surface area contributed by atoms with Crippen molar-refractivity contribution in [3.05, 3.63) is 28.8 Å². The lowest BCUT2D eigenvalue weighted by atomic mass is 10.1. The first-order chi connectivity index (χ1) is 8.33. The maximum Gasteiger partial charge on any atom is 0.573 e. The van der Waals surface area contributed by atoms with E-state index in [0.717, 1.165) is 18.2 Å². The van der Waals surface area contributed by atoms with Gasteiger partial charge in [-0.3, -0.25) is 4.79 Å². The molecule has 1 rings (SSSR count). The van der Waals surface area contributed by atoms with Crippen LogP contribution in [0.4, 0.5) is 13.2 Å². The summed E-state index contributed by atoms with van der Waals surface area (Å²) in [6, 6.07) is 3.20. The fraction of sp³-hybridized carbons (Fsp3) is 0.200. The molecule has 0 aliphatic rings. The number of carbonyl (C=O) groups is 1. The van der Waals surface area contributed by atoms with E-state index in [0.29, 0.717) is 0 Å². The number of halogens is 4. The Kier molecular flexibility index (Phi) is 4.84. The largest absolute Gasteiger partial charge is 0.573 e. The molecule has 0 aliphatic heterocycles. The number of benzene rings is 1. The van der Waals surface area contributed by atoms with Crippen molar-refractivity contribution in [1.82, 2.24) is 0 Å². The third-order valence-electron chi connectivity index (χ3n) is 1.77. The Hall–Kier alpha value is -1.43. The second kappa shape index (κ2) is 5.95. The number of aliphatic imine (C=N–C) groups is 1. The van der Waals surface area contributed by atoms with Crippen LogP contribution in [0.15, 0.2) is 23.2 Å². The average Bonchev–Trinajstić information content (AvgIpc) is 2.27. The van der Waals surface area contributed by atoms with Crippen molar-refractivity contribution >= 4 is 34.8 Å². The van der Waals surface area contributed by atoms with Gasteiger partial charge in [0.1, 0.15) is 12.3 Å². The summed E-state index contributed by atoms with van der Waals surface area (Å²) in [6.45, 7) is -0.237. The molecular formula is C10H5ClF3NO2S. The Morgan fingerprint density at radius 1 is 1.50 bits per heavy atom. The number of nitrogens with zero attached hydrogens (tertiary/aromatic N) is 1. The fourth-order valence-electron chi connectivity index (χ4n) is 1.08. The SMILES string of the molecule is O=C(CN=C=S)c1ccc(OC(F)(F)F)c(Cl)c1. The first-order valence-electron chi connectivity index (χ1n) is 4.45. The Morgan fingerprint density at radius 2 is 2.17 bits per heavy atom. The van der Waals surface area contributed by atoms with Crippen LogP contribution in [0.1, 0.15) is 10.4 Å². The van der Waals surface area contributed by atoms with Crippen LogP contribution in [0.2, 0.25) is 5.02 Å². The van der Waals surface area contributed by atoms with Gasteiger partial charge in [-0.1, -0.05) is 11.6 Å². The summed E-state index contributed by atoms with van der Waals surface area (Å²) < 4.78 is 39.5. The first kappa shape index (κ1) is 14.6. The minimum absolute atomic E-state index is 0.114. The maximum absolute atomic E-state index is 12.0. The van der Waals surface area contributed by atoms with Crippen molar-refractivity contribution in [2.45, 2.75) is 6.36 Å². The van der Waals surface area contributed by atoms with Gasteiger partial charge in [-0.2, -0.15) is 0 Å². The van der Waals surface area contributed by atoms with Gasteiger partial charge in [0.2, 0.25) is 0 Å². The molecule has 18 heavy (non-hydrogen) atoms. The van der Waals surface area contributed by atoms with Gasteiger partial charge in [-0.25, -0.2) is 4.99 Å². The van der Waals surface area contributed by atoms with Crippen LogP contribution < -0.4 is 4.74 Å². The van der Waals surface area contributed by atoms with Gasteiger partial charge in [0, 0.05) is 5.56 Å². The van der Waals surface area contributed by atoms with Crippen molar-refractivity contribution in [3.63, 3.8) is 0 Å². The molecule has 0 heterocycles. The molecule has 0 aromatic heterocycles. The molecule has 96 valence electrons. The van der Waals surface area contributed by atoms with E-state index >= 15 is 0 Å². The molecule has 0 spiro atoms. The molecule has 0 aliphatic carbocycles. The zero-order valence-electron chi connectivity index (χ0n) is 8.62. The molecule has 0 bridgehead atoms. The van der Waals surface area contributed by atoms with Gasteiger partial charge < -0.3 is 4.74 Å². The quantitative estimate of drug-likeness (QED) is 0.484. The summed E-state index contributed by atoms with van der Waals surface area (Å²) in [5.74, 6) is -1.01. The van der Waals surface area contributed by atoms with Crippen LogP contribution in [0.3, 0.4) is 0 Å². The molecule has 0 atom stereocenters. The highest BCUT2D eigenvalue weighted by Gasteiger charge is 2.32. The van der Waals surface area contributed by atoms with Crippen molar-refractivity contribution in [3.8, 4) is 5.75 Å². The molecule has 0 unspecified atom stereocenters. The first-order valence-corrected chi connectivity index (χ1v) is 5.24. The number of isothiocyanates is 1. The third kappa shape index (κ3) is 4.44. The van der Waals surface area contributed by atoms with Crippen molar-refractivity contribution in [2.75, 3.05) is 6.54 Å². The van der Waals surface area contributed by atoms with Crippen molar-refractivity contribution in [1.29, 1.82) is 0 Å². The molecule has 0 radical (unpaired) electrons. The van der Waals surface area contributed by atoms with Crippen LogP contribution in [0, 0.1) is 0 Å². The van der Waals surface area contributed by atoms with E-state index in [4.69, 9.17) is 11.6 Å². The van der Waals surface area contributed by atoms with Crippen LogP contribution in [-0.2, 0) is 0 Å². The second-order valence-electron chi connectivity index (χ2n) is 3.02. The zero-order chi connectivity index (χ0) is 13.8. The van der Waals surface area contributed by atoms with E-state index in [9.17, 15) is 18.0 Å². The van der Waals surface area contributed by atoms with Crippen LogP contribution >= 0.6 is 23.8 Å². The predicted octanol–water partition coefficient (Wildman–Crippen LogP) is 3.52. The predicted molar refractivity (Wildman–Crippen MR) is 62.4 cm³/mol. The highest BCUT2D eigenvalue weighted by atomic mass is 35.5. The van der Waals surface area contributed by atoms with E-state index in [-0.39, 0.29) is 17.1 Å². The normalized spacial score (nSPS) is 10.7. The number of alkyl halides is 3. The van der Waals surface area contributed by atoms with Crippen molar-refractivity contribution < 1.29 is 22.7 Å². The van der Waals surface area contributed by atoms with Crippen molar-refractivity contribution in [2.24, 2.45) is 4.99 Å². The molecule has 8 heteroatoms. The lowest BCUT2D eigenvalue weighted by Crippen LogP contribution is -2.17. The molecule has 0 fully saturated rings. The maximum atomic E-state index is 12.0. The molecule has 1 aromatic rings. The number of hydrogen-bond acceptors (Lipinski definition) is 4. The second-order valence-corrected chi connectivity index (χ2v) is 3.61. The summed E-state index contributed by atoms with van der Waals surface area (Å²) in [7, 11) is 0. The van der Waals surface area contributed by atoms with E-state index in [1.165, 1.54) is 0 Å². The van der Waals surface area contributed by atoms with E-state index in [1.54, 1.807) is 0 Å². The fourth-order valence-corrected chi connectivity index (χ4v) is 1.36. The van der Waals surface area contributed by atoms with Gasteiger partial charge in [-0.15, -0.1) is 13.2 Å². The van der Waals surface area contributed by atoms with Crippen LogP contribution in [0.25, 0.3) is 0 Å². The Bertz CT molecular complexity index is 512. The van der Waals surface area contributed by atoms with E-state index < -0.39 is 17.9 Å². The lowest BCUT2D eigenvalue weighted by Gasteiger charge is -2.10. The summed E-state index contributed by atoms with van der Waals surface area (Å²) in [5, 5.41) is 1.69. The van der Waals surface area contributed by atoms with Gasteiger partial charge in [0.15, 0.2) is 5.78 Å². The summed E-state index contributed by atoms with van der Waals surface area (Å²) >= 11 is 9.86. The minimum atomic E-state index is -4.84. The molecular weight excluding hydrogens is 291 g/mol. The van der Waals surface area contributed by atoms with E-state index in [2.05, 4.69) is 21.9 Å². The summed E-state index contributed by atoms with van der Waals surface area (Å²) in [4.78, 5) is 14.9. The highest BCUT2D eigenvalue weighted by Crippen LogP contribution is 2.30. The number of carbonyl (C=O) groups excluding carboxylic acids is 1. The monoisotopic (exact) mass is 295 g/mol. The molecule has 1 aromatic carbocycles. The number of Topliss-reactive ketones (excluding diaryl/α,β-unsaturated/α-hetero) is 1. The van der Waals surface area contributed by atoms with Gasteiger partial charge in [-0.05, 0) is 30.4 Å². The third-order valence-corrected chi connectivity index (χ3v) is 2.19. The Labute approximate surface area is 110 Å². The summed E-state index contributed by atoms with van der Waals surface area (Å²) in [6.07, 6.45) is -4.84. The molecule has 0 amide bonds. The van der Waals surface area contributed by atoms with Gasteiger partial charge in [0.05, 0.1) is 10.2 Å². The van der Waals surface area contributed by atoms with Gasteiger partial charge >= 0.3 is 6.36 Å². The highest BCUT2D eigenvalue weighted by molar-refractivity contribution is 7.78. The van der Waals surface area contributed by atoms with Gasteiger partial charge in [0.25, 0.3) is 0 Å². The minimum Gasteiger partial charge on any atom is -0.404 e. The molecule has 0 saturated carbocycles. The molecule has 0 saturated heterocycles. The average molecular weight is 296 g/mol. The number of thiocarbonyl (C=S) groups is 1. The number of ether oxygens (including phenoxy) is 1. The number of hydrogen-bond donors (Lipinski definition) is 0. The van der Waals surface area contributed by atoms with E-state index in [1.807, 2.05) is 5.16 Å². The zero-order valence-corrected chi connectivity index (χ0v) is 10.2. The van der Waals surface area contributed by atoms with Crippen LogP contribution in [-0.4, -0.2) is 23.9 Å². The Morgan fingerprint density at radius 3 is 2.67 bits per heavy atom. The summed E-state index contributed by atoms with van der Waals surface area (Å²) in [5.41, 5.74) is 0.114. The van der Waals surface area contributed by atoms with Crippen LogP contribution in [0.5, 0.6) is 5.75 Å². The lowest BCUT2D eigenvalue weighted by molar-refractivity contribution is -0.274. The topological polar surface area (TPSA) is 38.7 Å². The molecule has 3 nitrogen and oxygen atoms in total. The Balaban J connectivity index is 2.92. The molecule has 0 N–H and O–H groups in total. The number of ketones is 1. The standard InChI is InChI=1S/C10H5ClF3NO2S/c11-7-3-6(8(16)4-15-5-18)1-2-9(7)17-10(12,13)14/h1-3H,4H2.